The molecule has 5 unspecified atom stereocenters. The fraction of sp³-hybridized carbons (Fsp3) is 0.737. The quantitative estimate of drug-likeness (QED) is 0.112. The molecule has 5 atom stereocenters. The number of carboxylic acids is 2. The van der Waals surface area contributed by atoms with Gasteiger partial charge in [-0.1, -0.05) is 20.3 Å². The van der Waals surface area contributed by atoms with Gasteiger partial charge >= 0.3 is 11.9 Å². The van der Waals surface area contributed by atoms with Crippen LogP contribution in [-0.2, 0) is 24.0 Å². The van der Waals surface area contributed by atoms with Crippen LogP contribution in [0.15, 0.2) is 0 Å². The molecule has 0 fully saturated rings. The van der Waals surface area contributed by atoms with Crippen LogP contribution in [0.1, 0.15) is 46.0 Å². The Kier molecular flexibility index (Phi) is 13.8. The maximum absolute atomic E-state index is 12.8. The van der Waals surface area contributed by atoms with E-state index in [9.17, 15) is 24.0 Å². The minimum absolute atomic E-state index is 0.153. The molecule has 13 heteroatoms. The molecule has 0 aromatic heterocycles. The topological polar surface area (TPSA) is 234 Å². The van der Waals surface area contributed by atoms with E-state index in [2.05, 4.69) is 10.6 Å². The largest absolute Gasteiger partial charge is 0.481 e. The highest BCUT2D eigenvalue weighted by Crippen LogP contribution is 2.08. The molecule has 0 aromatic carbocycles. The fourth-order valence-corrected chi connectivity index (χ4v) is 2.66. The summed E-state index contributed by atoms with van der Waals surface area (Å²) in [7, 11) is 0. The predicted octanol–water partition coefficient (Wildman–Crippen LogP) is -2.51. The van der Waals surface area contributed by atoms with E-state index in [4.69, 9.17) is 26.8 Å². The van der Waals surface area contributed by atoms with Crippen LogP contribution in [-0.4, -0.2) is 82.3 Å². The number of aliphatic hydroxyl groups excluding tert-OH is 1. The van der Waals surface area contributed by atoms with E-state index in [0.29, 0.717) is 25.8 Å². The third kappa shape index (κ3) is 10.5. The van der Waals surface area contributed by atoms with Gasteiger partial charge in [-0.25, -0.2) is 4.79 Å². The summed E-state index contributed by atoms with van der Waals surface area (Å²) < 4.78 is 0. The Morgan fingerprint density at radius 1 is 0.875 bits per heavy atom. The highest BCUT2D eigenvalue weighted by atomic mass is 16.4. The molecule has 184 valence electrons. The Morgan fingerprint density at radius 2 is 1.41 bits per heavy atom. The average Bonchev–Trinajstić information content (AvgIpc) is 2.74. The molecule has 10 N–H and O–H groups in total. The zero-order chi connectivity index (χ0) is 24.8. The minimum Gasteiger partial charge on any atom is -0.481 e. The van der Waals surface area contributed by atoms with Crippen molar-refractivity contribution in [2.45, 2.75) is 70.1 Å². The molecule has 32 heavy (non-hydrogen) atoms. The molecule has 13 nitrogen and oxygen atoms in total. The standard InChI is InChI=1S/C19H35N5O8/c1-3-10(2)15(21)18(30)22-11(6-4-5-7-20)16(28)23-12(8-14(26)27)17(29)24-13(9-25)19(31)32/h10-13,15,25H,3-9,20-21H2,1-2H3,(H,22,30)(H,23,28)(H,24,29)(H,26,27)(H,31,32). The van der Waals surface area contributed by atoms with Crippen LogP contribution in [0.25, 0.3) is 0 Å². The second-order valence-corrected chi connectivity index (χ2v) is 7.50. The molecule has 0 saturated carbocycles. The second-order valence-electron chi connectivity index (χ2n) is 7.50. The van der Waals surface area contributed by atoms with Gasteiger partial charge < -0.3 is 42.7 Å². The van der Waals surface area contributed by atoms with E-state index in [1.54, 1.807) is 6.92 Å². The Morgan fingerprint density at radius 3 is 1.88 bits per heavy atom. The van der Waals surface area contributed by atoms with Crippen molar-refractivity contribution in [3.05, 3.63) is 0 Å². The Balaban J connectivity index is 5.47. The first-order valence-electron chi connectivity index (χ1n) is 10.4. The van der Waals surface area contributed by atoms with Crippen LogP contribution in [0.5, 0.6) is 0 Å². The fourth-order valence-electron chi connectivity index (χ4n) is 2.66. The number of carbonyl (C=O) groups is 5. The van der Waals surface area contributed by atoms with Crippen LogP contribution in [0.3, 0.4) is 0 Å². The van der Waals surface area contributed by atoms with Crippen molar-refractivity contribution in [2.24, 2.45) is 17.4 Å². The number of nitrogens with one attached hydrogen (secondary N) is 3. The van der Waals surface area contributed by atoms with Crippen molar-refractivity contribution in [3.63, 3.8) is 0 Å². The van der Waals surface area contributed by atoms with Crippen LogP contribution < -0.4 is 27.4 Å². The lowest BCUT2D eigenvalue weighted by molar-refractivity contribution is -0.144. The van der Waals surface area contributed by atoms with Gasteiger partial charge in [0, 0.05) is 0 Å². The van der Waals surface area contributed by atoms with Crippen molar-refractivity contribution in [2.75, 3.05) is 13.2 Å². The number of hydrogen-bond donors (Lipinski definition) is 8. The van der Waals surface area contributed by atoms with E-state index in [-0.39, 0.29) is 12.3 Å². The molecule has 3 amide bonds. The molecular weight excluding hydrogens is 426 g/mol. The van der Waals surface area contributed by atoms with Gasteiger partial charge in [0.25, 0.3) is 0 Å². The summed E-state index contributed by atoms with van der Waals surface area (Å²) in [6.07, 6.45) is 0.986. The SMILES string of the molecule is CCC(C)C(N)C(=O)NC(CCCCN)C(=O)NC(CC(=O)O)C(=O)NC(CO)C(=O)O. The van der Waals surface area contributed by atoms with Crippen LogP contribution in [0.2, 0.25) is 0 Å². The summed E-state index contributed by atoms with van der Waals surface area (Å²) in [6, 6.07) is -5.29. The lowest BCUT2D eigenvalue weighted by Gasteiger charge is -2.25. The summed E-state index contributed by atoms with van der Waals surface area (Å²) in [5.41, 5.74) is 11.4. The van der Waals surface area contributed by atoms with Gasteiger partial charge in [0.2, 0.25) is 17.7 Å². The zero-order valence-electron chi connectivity index (χ0n) is 18.4. The number of amides is 3. The van der Waals surface area contributed by atoms with Crippen molar-refractivity contribution < 1.29 is 39.3 Å². The number of aliphatic hydroxyl groups is 1. The highest BCUT2D eigenvalue weighted by Gasteiger charge is 2.31. The van der Waals surface area contributed by atoms with Crippen LogP contribution in [0.4, 0.5) is 0 Å². The smallest absolute Gasteiger partial charge is 0.328 e. The third-order valence-electron chi connectivity index (χ3n) is 4.95. The minimum atomic E-state index is -1.68. The molecule has 0 aliphatic rings. The Hall–Kier alpha value is -2.77. The lowest BCUT2D eigenvalue weighted by atomic mass is 9.98. The Labute approximate surface area is 186 Å². The van der Waals surface area contributed by atoms with E-state index >= 15 is 0 Å². The monoisotopic (exact) mass is 461 g/mol. The van der Waals surface area contributed by atoms with E-state index < -0.39 is 66.9 Å². The van der Waals surface area contributed by atoms with Gasteiger partial charge in [-0.3, -0.25) is 19.2 Å². The molecule has 0 saturated heterocycles. The number of aliphatic carboxylic acids is 2. The first-order chi connectivity index (χ1) is 15.0. The van der Waals surface area contributed by atoms with Gasteiger partial charge in [-0.15, -0.1) is 0 Å². The summed E-state index contributed by atoms with van der Waals surface area (Å²) in [5.74, 6) is -5.62. The summed E-state index contributed by atoms with van der Waals surface area (Å²) >= 11 is 0. The van der Waals surface area contributed by atoms with Crippen molar-refractivity contribution >= 4 is 29.7 Å². The number of hydrogen-bond acceptors (Lipinski definition) is 8. The van der Waals surface area contributed by atoms with E-state index in [0.717, 1.165) is 0 Å². The molecule has 0 aliphatic heterocycles. The summed E-state index contributed by atoms with van der Waals surface area (Å²) in [4.78, 5) is 59.7. The summed E-state index contributed by atoms with van der Waals surface area (Å²) in [6.45, 7) is 3.06. The maximum atomic E-state index is 12.8. The van der Waals surface area contributed by atoms with Crippen molar-refractivity contribution in [1.82, 2.24) is 16.0 Å². The predicted molar refractivity (Wildman–Crippen MR) is 113 cm³/mol. The number of rotatable bonds is 16. The highest BCUT2D eigenvalue weighted by molar-refractivity contribution is 5.95. The summed E-state index contributed by atoms with van der Waals surface area (Å²) in [5, 5.41) is 33.8. The average molecular weight is 462 g/mol. The first-order valence-corrected chi connectivity index (χ1v) is 10.4. The number of unbranched alkanes of at least 4 members (excludes halogenated alkanes) is 1. The van der Waals surface area contributed by atoms with Crippen LogP contribution >= 0.6 is 0 Å². The van der Waals surface area contributed by atoms with Crippen molar-refractivity contribution in [1.29, 1.82) is 0 Å². The van der Waals surface area contributed by atoms with E-state index in [1.807, 2.05) is 12.2 Å². The third-order valence-corrected chi connectivity index (χ3v) is 4.95. The molecule has 0 heterocycles. The molecule has 0 radical (unpaired) electrons. The number of carboxylic acid groups (broad SMARTS) is 2. The second kappa shape index (κ2) is 15.1. The maximum Gasteiger partial charge on any atom is 0.328 e. The van der Waals surface area contributed by atoms with E-state index in [1.165, 1.54) is 0 Å². The van der Waals surface area contributed by atoms with Gasteiger partial charge in [-0.05, 0) is 31.7 Å². The molecule has 0 rings (SSSR count). The number of carbonyl (C=O) groups excluding carboxylic acids is 3. The van der Waals surface area contributed by atoms with Gasteiger partial charge in [0.05, 0.1) is 19.1 Å². The zero-order valence-corrected chi connectivity index (χ0v) is 18.4. The Bertz CT molecular complexity index is 660. The van der Waals surface area contributed by atoms with Crippen LogP contribution in [0, 0.1) is 5.92 Å². The molecule has 0 aromatic rings. The van der Waals surface area contributed by atoms with Gasteiger partial charge in [0.15, 0.2) is 0 Å². The number of nitrogens with two attached hydrogens (primary N) is 2. The molecule has 0 bridgehead atoms. The normalized spacial score (nSPS) is 15.5. The molecule has 0 spiro atoms. The van der Waals surface area contributed by atoms with Crippen molar-refractivity contribution in [3.8, 4) is 0 Å². The molecular formula is C19H35N5O8. The van der Waals surface area contributed by atoms with Gasteiger partial charge in [0.1, 0.15) is 18.1 Å². The lowest BCUT2D eigenvalue weighted by Crippen LogP contribution is -2.58. The molecule has 0 aliphatic carbocycles. The first kappa shape index (κ1) is 29.2. The van der Waals surface area contributed by atoms with Gasteiger partial charge in [-0.2, -0.15) is 0 Å².